The van der Waals surface area contributed by atoms with E-state index in [1.165, 1.54) is 5.56 Å². The number of hydrogen-bond donors (Lipinski definition) is 1. The van der Waals surface area contributed by atoms with Crippen molar-refractivity contribution in [2.45, 2.75) is 33.7 Å². The first-order valence-corrected chi connectivity index (χ1v) is 10.6. The molecule has 2 heterocycles. The Hall–Kier alpha value is -3.75. The lowest BCUT2D eigenvalue weighted by Gasteiger charge is -2.18. The fraction of sp³-hybridized carbons (Fsp3) is 0.348. The maximum absolute atomic E-state index is 12.8. The van der Waals surface area contributed by atoms with E-state index in [1.807, 2.05) is 63.2 Å². The minimum absolute atomic E-state index is 0.0485. The van der Waals surface area contributed by atoms with Crippen molar-refractivity contribution < 1.29 is 14.3 Å². The van der Waals surface area contributed by atoms with Crippen molar-refractivity contribution >= 4 is 17.5 Å². The zero-order chi connectivity index (χ0) is 22.7. The normalized spacial score (nSPS) is 15.8. The molecule has 1 N–H and O–H groups in total. The van der Waals surface area contributed by atoms with Crippen LogP contribution in [0.15, 0.2) is 42.5 Å². The molecule has 1 aliphatic rings. The van der Waals surface area contributed by atoms with E-state index in [1.54, 1.807) is 9.58 Å². The number of rotatable bonds is 7. The SMILES string of the molecule is CCOc1ccc(-n2nnnc2CNC(=O)[C@H]2CC(=O)N(c3ccc(C)c(C)c3)C2)cc1. The van der Waals surface area contributed by atoms with Crippen molar-refractivity contribution in [1.82, 2.24) is 25.5 Å². The first-order valence-electron chi connectivity index (χ1n) is 10.6. The highest BCUT2D eigenvalue weighted by atomic mass is 16.5. The average Bonchev–Trinajstić information content (AvgIpc) is 3.41. The fourth-order valence-electron chi connectivity index (χ4n) is 3.70. The van der Waals surface area contributed by atoms with Crippen molar-refractivity contribution in [3.05, 3.63) is 59.4 Å². The molecule has 0 saturated carbocycles. The molecule has 1 aliphatic heterocycles. The Morgan fingerprint density at radius 2 is 1.88 bits per heavy atom. The van der Waals surface area contributed by atoms with Gasteiger partial charge in [0.2, 0.25) is 11.8 Å². The highest BCUT2D eigenvalue weighted by molar-refractivity contribution is 6.00. The van der Waals surface area contributed by atoms with Crippen LogP contribution in [0.25, 0.3) is 5.69 Å². The molecule has 4 rings (SSSR count). The monoisotopic (exact) mass is 434 g/mol. The van der Waals surface area contributed by atoms with Gasteiger partial charge in [-0.2, -0.15) is 4.68 Å². The highest BCUT2D eigenvalue weighted by Gasteiger charge is 2.35. The van der Waals surface area contributed by atoms with Gasteiger partial charge in [-0.3, -0.25) is 9.59 Å². The molecule has 3 aromatic rings. The summed E-state index contributed by atoms with van der Waals surface area (Å²) in [6, 6.07) is 13.3. The quantitative estimate of drug-likeness (QED) is 0.612. The van der Waals surface area contributed by atoms with E-state index in [2.05, 4.69) is 20.8 Å². The van der Waals surface area contributed by atoms with Gasteiger partial charge in [0, 0.05) is 18.7 Å². The van der Waals surface area contributed by atoms with Crippen LogP contribution < -0.4 is 15.0 Å². The van der Waals surface area contributed by atoms with Gasteiger partial charge < -0.3 is 15.0 Å². The van der Waals surface area contributed by atoms with Crippen LogP contribution in [0.2, 0.25) is 0 Å². The summed E-state index contributed by atoms with van der Waals surface area (Å²) in [7, 11) is 0. The van der Waals surface area contributed by atoms with E-state index >= 15 is 0 Å². The van der Waals surface area contributed by atoms with Crippen molar-refractivity contribution in [2.24, 2.45) is 5.92 Å². The summed E-state index contributed by atoms with van der Waals surface area (Å²) >= 11 is 0. The Labute approximate surface area is 186 Å². The molecule has 166 valence electrons. The number of hydrogen-bond acceptors (Lipinski definition) is 6. The zero-order valence-electron chi connectivity index (χ0n) is 18.4. The maximum atomic E-state index is 12.8. The number of nitrogens with one attached hydrogen (secondary N) is 1. The molecule has 0 bridgehead atoms. The molecule has 9 heteroatoms. The molecule has 1 atom stereocenters. The van der Waals surface area contributed by atoms with Gasteiger partial charge in [-0.25, -0.2) is 0 Å². The molecule has 9 nitrogen and oxygen atoms in total. The average molecular weight is 435 g/mol. The molecule has 1 aromatic heterocycles. The molecule has 0 spiro atoms. The molecule has 0 unspecified atom stereocenters. The largest absolute Gasteiger partial charge is 0.494 e. The van der Waals surface area contributed by atoms with E-state index in [4.69, 9.17) is 4.74 Å². The van der Waals surface area contributed by atoms with Crippen LogP contribution in [0.4, 0.5) is 5.69 Å². The number of anilines is 1. The Bertz CT molecular complexity index is 1130. The standard InChI is InChI=1S/C23H26N6O3/c1-4-32-20-9-7-18(8-10-20)29-21(25-26-27-29)13-24-23(31)17-12-22(30)28(14-17)19-6-5-15(2)16(3)11-19/h5-11,17H,4,12-14H2,1-3H3,(H,24,31)/t17-/m0/s1. The maximum Gasteiger partial charge on any atom is 0.227 e. The smallest absolute Gasteiger partial charge is 0.227 e. The van der Waals surface area contributed by atoms with Gasteiger partial charge in [0.15, 0.2) is 5.82 Å². The Kier molecular flexibility index (Phi) is 6.16. The third kappa shape index (κ3) is 4.46. The molecule has 0 aliphatic carbocycles. The van der Waals surface area contributed by atoms with E-state index in [9.17, 15) is 9.59 Å². The fourth-order valence-corrected chi connectivity index (χ4v) is 3.70. The van der Waals surface area contributed by atoms with Crippen LogP contribution in [0.1, 0.15) is 30.3 Å². The minimum atomic E-state index is -0.418. The summed E-state index contributed by atoms with van der Waals surface area (Å²) in [5.74, 6) is 0.605. The van der Waals surface area contributed by atoms with Crippen LogP contribution in [-0.4, -0.2) is 45.2 Å². The Morgan fingerprint density at radius 3 is 2.59 bits per heavy atom. The number of aromatic nitrogens is 4. The number of carbonyl (C=O) groups is 2. The predicted octanol–water partition coefficient (Wildman–Crippen LogP) is 2.35. The van der Waals surface area contributed by atoms with E-state index in [0.29, 0.717) is 19.0 Å². The van der Waals surface area contributed by atoms with Gasteiger partial charge in [-0.1, -0.05) is 6.07 Å². The molecule has 2 amide bonds. The predicted molar refractivity (Wildman–Crippen MR) is 119 cm³/mol. The molecular weight excluding hydrogens is 408 g/mol. The molecule has 0 radical (unpaired) electrons. The van der Waals surface area contributed by atoms with Crippen LogP contribution >= 0.6 is 0 Å². The van der Waals surface area contributed by atoms with Crippen molar-refractivity contribution in [2.75, 3.05) is 18.1 Å². The van der Waals surface area contributed by atoms with Gasteiger partial charge in [-0.05, 0) is 78.7 Å². The number of aryl methyl sites for hydroxylation is 2. The molecule has 32 heavy (non-hydrogen) atoms. The zero-order valence-corrected chi connectivity index (χ0v) is 18.4. The number of nitrogens with zero attached hydrogens (tertiary/aromatic N) is 5. The van der Waals surface area contributed by atoms with Gasteiger partial charge in [-0.15, -0.1) is 5.10 Å². The van der Waals surface area contributed by atoms with Crippen molar-refractivity contribution in [3.63, 3.8) is 0 Å². The topological polar surface area (TPSA) is 102 Å². The lowest BCUT2D eigenvalue weighted by molar-refractivity contribution is -0.126. The summed E-state index contributed by atoms with van der Waals surface area (Å²) in [5, 5.41) is 14.6. The summed E-state index contributed by atoms with van der Waals surface area (Å²) < 4.78 is 7.02. The minimum Gasteiger partial charge on any atom is -0.494 e. The third-order valence-corrected chi connectivity index (χ3v) is 5.65. The second kappa shape index (κ2) is 9.17. The van der Waals surface area contributed by atoms with Crippen LogP contribution in [0.3, 0.4) is 0 Å². The summed E-state index contributed by atoms with van der Waals surface area (Å²) in [6.45, 7) is 7.08. The second-order valence-corrected chi connectivity index (χ2v) is 7.83. The third-order valence-electron chi connectivity index (χ3n) is 5.65. The molecule has 1 saturated heterocycles. The van der Waals surface area contributed by atoms with E-state index in [0.717, 1.165) is 22.7 Å². The highest BCUT2D eigenvalue weighted by Crippen LogP contribution is 2.27. The lowest BCUT2D eigenvalue weighted by Crippen LogP contribution is -2.33. The van der Waals surface area contributed by atoms with Crippen LogP contribution in [-0.2, 0) is 16.1 Å². The van der Waals surface area contributed by atoms with E-state index in [-0.39, 0.29) is 24.8 Å². The number of benzene rings is 2. The summed E-state index contributed by atoms with van der Waals surface area (Å²) in [6.07, 6.45) is 0.183. The Morgan fingerprint density at radius 1 is 1.12 bits per heavy atom. The summed E-state index contributed by atoms with van der Waals surface area (Å²) in [5.41, 5.74) is 3.87. The first-order chi connectivity index (χ1) is 15.5. The second-order valence-electron chi connectivity index (χ2n) is 7.83. The lowest BCUT2D eigenvalue weighted by atomic mass is 10.1. The van der Waals surface area contributed by atoms with Gasteiger partial charge in [0.1, 0.15) is 5.75 Å². The molecule has 1 fully saturated rings. The molecule has 2 aromatic carbocycles. The van der Waals surface area contributed by atoms with E-state index < -0.39 is 5.92 Å². The number of ether oxygens (including phenoxy) is 1. The number of amides is 2. The summed E-state index contributed by atoms with van der Waals surface area (Å²) in [4.78, 5) is 27.0. The number of tetrazole rings is 1. The van der Waals surface area contributed by atoms with Gasteiger partial charge in [0.25, 0.3) is 0 Å². The Balaban J connectivity index is 1.39. The first kappa shape index (κ1) is 21.5. The molecular formula is C23H26N6O3. The van der Waals surface area contributed by atoms with Crippen LogP contribution in [0.5, 0.6) is 5.75 Å². The van der Waals surface area contributed by atoms with Crippen LogP contribution in [0, 0.1) is 19.8 Å². The number of carbonyl (C=O) groups excluding carboxylic acids is 2. The van der Waals surface area contributed by atoms with Gasteiger partial charge in [0.05, 0.1) is 24.8 Å². The van der Waals surface area contributed by atoms with Crippen molar-refractivity contribution in [1.29, 1.82) is 0 Å². The van der Waals surface area contributed by atoms with Gasteiger partial charge >= 0.3 is 0 Å². The van der Waals surface area contributed by atoms with Crippen molar-refractivity contribution in [3.8, 4) is 11.4 Å².